The van der Waals surface area contributed by atoms with Gasteiger partial charge in [-0.3, -0.25) is 4.98 Å². The molecule has 2 aromatic heterocycles. The third kappa shape index (κ3) is 3.44. The van der Waals surface area contributed by atoms with Gasteiger partial charge in [0.05, 0.1) is 12.3 Å². The van der Waals surface area contributed by atoms with E-state index in [0.717, 1.165) is 30.8 Å². The Bertz CT molecular complexity index is 519. The molecule has 1 atom stereocenters. The summed E-state index contributed by atoms with van der Waals surface area (Å²) in [5.41, 5.74) is 3.56. The van der Waals surface area contributed by atoms with Crippen molar-refractivity contribution in [1.29, 1.82) is 0 Å². The molecule has 0 spiro atoms. The van der Waals surface area contributed by atoms with Crippen molar-refractivity contribution in [2.75, 3.05) is 6.54 Å². The number of pyridine rings is 1. The van der Waals surface area contributed by atoms with E-state index in [1.165, 1.54) is 11.1 Å². The van der Waals surface area contributed by atoms with Crippen LogP contribution in [0.15, 0.2) is 35.1 Å². The van der Waals surface area contributed by atoms with Crippen LogP contribution in [0.2, 0.25) is 0 Å². The summed E-state index contributed by atoms with van der Waals surface area (Å²) >= 11 is 0. The highest BCUT2D eigenvalue weighted by molar-refractivity contribution is 5.23. The lowest BCUT2D eigenvalue weighted by Crippen LogP contribution is -2.25. The highest BCUT2D eigenvalue weighted by Gasteiger charge is 2.18. The maximum Gasteiger partial charge on any atom is 0.123 e. The number of hydrogen-bond acceptors (Lipinski definition) is 3. The topological polar surface area (TPSA) is 38.1 Å². The van der Waals surface area contributed by atoms with Crippen LogP contribution in [0.3, 0.4) is 0 Å². The Morgan fingerprint density at radius 1 is 1.26 bits per heavy atom. The average molecular weight is 258 g/mol. The van der Waals surface area contributed by atoms with E-state index < -0.39 is 0 Å². The molecule has 0 amide bonds. The lowest BCUT2D eigenvalue weighted by atomic mass is 10.0. The first-order chi connectivity index (χ1) is 9.22. The van der Waals surface area contributed by atoms with Gasteiger partial charge in [0.2, 0.25) is 0 Å². The maximum absolute atomic E-state index is 5.65. The van der Waals surface area contributed by atoms with Crippen LogP contribution in [-0.4, -0.2) is 11.5 Å². The summed E-state index contributed by atoms with van der Waals surface area (Å²) in [6.07, 6.45) is 5.59. The predicted molar refractivity (Wildman–Crippen MR) is 77.2 cm³/mol. The quantitative estimate of drug-likeness (QED) is 0.860. The molecule has 102 valence electrons. The molecule has 3 nitrogen and oxygen atoms in total. The van der Waals surface area contributed by atoms with Crippen molar-refractivity contribution in [2.45, 2.75) is 39.7 Å². The van der Waals surface area contributed by atoms with Crippen LogP contribution in [0.1, 0.15) is 42.0 Å². The van der Waals surface area contributed by atoms with E-state index in [9.17, 15) is 0 Å². The van der Waals surface area contributed by atoms with E-state index >= 15 is 0 Å². The van der Waals surface area contributed by atoms with Gasteiger partial charge in [-0.1, -0.05) is 13.0 Å². The van der Waals surface area contributed by atoms with E-state index in [1.54, 1.807) is 6.26 Å². The Hall–Kier alpha value is -1.61. The number of nitrogens with zero attached hydrogens (tertiary/aromatic N) is 1. The normalized spacial score (nSPS) is 12.6. The SMILES string of the molecule is CCCNC(Cc1ncccc1C)c1occc1C. The second-order valence-corrected chi connectivity index (χ2v) is 4.95. The Kier molecular flexibility index (Phi) is 4.74. The average Bonchev–Trinajstić information content (AvgIpc) is 2.83. The van der Waals surface area contributed by atoms with Gasteiger partial charge in [0, 0.05) is 18.3 Å². The number of aryl methyl sites for hydroxylation is 2. The molecule has 0 radical (unpaired) electrons. The highest BCUT2D eigenvalue weighted by Crippen LogP contribution is 2.23. The minimum atomic E-state index is 0.198. The molecule has 2 aromatic rings. The number of hydrogen-bond donors (Lipinski definition) is 1. The van der Waals surface area contributed by atoms with Gasteiger partial charge >= 0.3 is 0 Å². The number of nitrogens with one attached hydrogen (secondary N) is 1. The summed E-state index contributed by atoms with van der Waals surface area (Å²) in [4.78, 5) is 4.48. The van der Waals surface area contributed by atoms with Gasteiger partial charge in [-0.2, -0.15) is 0 Å². The molecule has 2 heterocycles. The van der Waals surface area contributed by atoms with Gasteiger partial charge in [-0.15, -0.1) is 0 Å². The fourth-order valence-electron chi connectivity index (χ4n) is 2.24. The first-order valence-electron chi connectivity index (χ1n) is 6.90. The third-order valence-corrected chi connectivity index (χ3v) is 3.37. The predicted octanol–water partition coefficient (Wildman–Crippen LogP) is 3.57. The van der Waals surface area contributed by atoms with Crippen LogP contribution in [0.25, 0.3) is 0 Å². The zero-order valence-electron chi connectivity index (χ0n) is 11.9. The summed E-state index contributed by atoms with van der Waals surface area (Å²) in [5, 5.41) is 3.55. The van der Waals surface area contributed by atoms with Crippen LogP contribution in [0.5, 0.6) is 0 Å². The van der Waals surface area contributed by atoms with Crippen LogP contribution >= 0.6 is 0 Å². The minimum Gasteiger partial charge on any atom is -0.467 e. The van der Waals surface area contributed by atoms with Crippen molar-refractivity contribution in [2.24, 2.45) is 0 Å². The molecule has 3 heteroatoms. The summed E-state index contributed by atoms with van der Waals surface area (Å²) < 4.78 is 5.65. The summed E-state index contributed by atoms with van der Waals surface area (Å²) in [5.74, 6) is 1.03. The standard InChI is InChI=1S/C16H22N2O/c1-4-8-17-15(16-13(3)7-10-19-16)11-14-12(2)6-5-9-18-14/h5-7,9-10,15,17H,4,8,11H2,1-3H3. The molecule has 1 N–H and O–H groups in total. The molecular weight excluding hydrogens is 236 g/mol. The molecule has 2 rings (SSSR count). The minimum absolute atomic E-state index is 0.198. The molecule has 0 aliphatic carbocycles. The van der Waals surface area contributed by atoms with Gasteiger partial charge < -0.3 is 9.73 Å². The second kappa shape index (κ2) is 6.53. The summed E-state index contributed by atoms with van der Waals surface area (Å²) in [6, 6.07) is 6.30. The fraction of sp³-hybridized carbons (Fsp3) is 0.438. The van der Waals surface area contributed by atoms with Gasteiger partial charge in [0.15, 0.2) is 0 Å². The summed E-state index contributed by atoms with van der Waals surface area (Å²) in [7, 11) is 0. The van der Waals surface area contributed by atoms with Gasteiger partial charge in [0.25, 0.3) is 0 Å². The van der Waals surface area contributed by atoms with E-state index in [-0.39, 0.29) is 6.04 Å². The molecule has 0 aliphatic heterocycles. The lowest BCUT2D eigenvalue weighted by molar-refractivity contribution is 0.405. The van der Waals surface area contributed by atoms with Gasteiger partial charge in [-0.05, 0) is 50.1 Å². The van der Waals surface area contributed by atoms with Crippen molar-refractivity contribution in [1.82, 2.24) is 10.3 Å². The molecule has 0 aromatic carbocycles. The molecule has 0 saturated heterocycles. The first kappa shape index (κ1) is 13.8. The Labute approximate surface area is 115 Å². The van der Waals surface area contributed by atoms with Crippen LogP contribution in [0, 0.1) is 13.8 Å². The Morgan fingerprint density at radius 3 is 2.74 bits per heavy atom. The van der Waals surface area contributed by atoms with E-state index in [1.807, 2.05) is 18.3 Å². The largest absolute Gasteiger partial charge is 0.467 e. The molecule has 0 saturated carbocycles. The molecule has 0 fully saturated rings. The molecule has 1 unspecified atom stereocenters. The molecular formula is C16H22N2O. The fourth-order valence-corrected chi connectivity index (χ4v) is 2.24. The first-order valence-corrected chi connectivity index (χ1v) is 6.90. The number of rotatable bonds is 6. The second-order valence-electron chi connectivity index (χ2n) is 4.95. The molecule has 19 heavy (non-hydrogen) atoms. The smallest absolute Gasteiger partial charge is 0.123 e. The van der Waals surface area contributed by atoms with Crippen molar-refractivity contribution in [3.8, 4) is 0 Å². The van der Waals surface area contributed by atoms with Crippen molar-refractivity contribution in [3.05, 3.63) is 53.2 Å². The Morgan fingerprint density at radius 2 is 2.11 bits per heavy atom. The van der Waals surface area contributed by atoms with E-state index in [4.69, 9.17) is 4.42 Å². The van der Waals surface area contributed by atoms with Crippen LogP contribution in [0.4, 0.5) is 0 Å². The Balaban J connectivity index is 2.19. The number of aromatic nitrogens is 1. The van der Waals surface area contributed by atoms with Crippen molar-refractivity contribution >= 4 is 0 Å². The van der Waals surface area contributed by atoms with Crippen LogP contribution in [-0.2, 0) is 6.42 Å². The van der Waals surface area contributed by atoms with Gasteiger partial charge in [-0.25, -0.2) is 0 Å². The highest BCUT2D eigenvalue weighted by atomic mass is 16.3. The molecule has 0 bridgehead atoms. The maximum atomic E-state index is 5.65. The van der Waals surface area contributed by atoms with Gasteiger partial charge in [0.1, 0.15) is 5.76 Å². The van der Waals surface area contributed by atoms with Crippen molar-refractivity contribution in [3.63, 3.8) is 0 Å². The zero-order chi connectivity index (χ0) is 13.7. The zero-order valence-corrected chi connectivity index (χ0v) is 11.9. The van der Waals surface area contributed by atoms with Crippen molar-refractivity contribution < 1.29 is 4.42 Å². The third-order valence-electron chi connectivity index (χ3n) is 3.37. The molecule has 0 aliphatic rings. The lowest BCUT2D eigenvalue weighted by Gasteiger charge is -2.18. The van der Waals surface area contributed by atoms with E-state index in [0.29, 0.717) is 0 Å². The van der Waals surface area contributed by atoms with E-state index in [2.05, 4.69) is 37.1 Å². The monoisotopic (exact) mass is 258 g/mol. The summed E-state index contributed by atoms with van der Waals surface area (Å²) in [6.45, 7) is 7.35. The van der Waals surface area contributed by atoms with Crippen LogP contribution < -0.4 is 5.32 Å². The number of furan rings is 1.